The van der Waals surface area contributed by atoms with Crippen LogP contribution in [0.4, 0.5) is 10.1 Å². The van der Waals surface area contributed by atoms with Gasteiger partial charge in [0.1, 0.15) is 5.82 Å². The third-order valence-corrected chi connectivity index (χ3v) is 3.87. The molecular weight excluding hydrogens is 243 g/mol. The molecule has 3 N–H and O–H groups in total. The van der Waals surface area contributed by atoms with Gasteiger partial charge in [0.25, 0.3) is 0 Å². The maximum absolute atomic E-state index is 14.1. The van der Waals surface area contributed by atoms with E-state index in [4.69, 9.17) is 5.73 Å². The molecule has 1 aromatic carbocycles. The molecule has 0 saturated carbocycles. The Hall–Kier alpha value is -1.42. The zero-order chi connectivity index (χ0) is 14.0. The van der Waals surface area contributed by atoms with Gasteiger partial charge in [-0.05, 0) is 36.5 Å². The highest BCUT2D eigenvalue weighted by Crippen LogP contribution is 2.30. The number of nitrogens with one attached hydrogen (secondary N) is 1. The molecule has 0 aromatic heterocycles. The molecule has 2 rings (SSSR count). The maximum atomic E-state index is 14.1. The molecule has 4 heteroatoms. The lowest BCUT2D eigenvalue weighted by Gasteiger charge is -2.22. The topological polar surface area (TPSA) is 55.1 Å². The Balaban J connectivity index is 2.24. The minimum absolute atomic E-state index is 0.0523. The number of rotatable bonds is 4. The summed E-state index contributed by atoms with van der Waals surface area (Å²) < 4.78 is 14.1. The van der Waals surface area contributed by atoms with Crippen molar-refractivity contribution >= 4 is 11.6 Å². The predicted octanol–water partition coefficient (Wildman–Crippen LogP) is 3.15. The van der Waals surface area contributed by atoms with Crippen molar-refractivity contribution in [3.05, 3.63) is 29.1 Å². The molecule has 1 aliphatic heterocycles. The highest BCUT2D eigenvalue weighted by atomic mass is 19.1. The van der Waals surface area contributed by atoms with Crippen LogP contribution in [0.25, 0.3) is 0 Å². The average molecular weight is 264 g/mol. The first-order chi connectivity index (χ1) is 9.01. The third kappa shape index (κ3) is 3.13. The second-order valence-corrected chi connectivity index (χ2v) is 5.43. The Labute approximate surface area is 113 Å². The van der Waals surface area contributed by atoms with Gasteiger partial charge in [0.15, 0.2) is 0 Å². The molecule has 2 atom stereocenters. The zero-order valence-corrected chi connectivity index (χ0v) is 11.5. The van der Waals surface area contributed by atoms with Crippen LogP contribution in [0, 0.1) is 11.7 Å². The molecule has 1 aliphatic rings. The second-order valence-electron chi connectivity index (χ2n) is 5.43. The molecule has 0 fully saturated rings. The standard InChI is InChI=1S/C15H21FN2O/c1-3-9(2)6-13(17)11-7-10-4-5-15(19)18-14(10)8-12(11)16/h7-9,13H,3-6,17H2,1-2H3,(H,18,19). The summed E-state index contributed by atoms with van der Waals surface area (Å²) in [6.45, 7) is 4.23. The highest BCUT2D eigenvalue weighted by Gasteiger charge is 2.20. The van der Waals surface area contributed by atoms with Gasteiger partial charge in [0, 0.05) is 23.7 Å². The summed E-state index contributed by atoms with van der Waals surface area (Å²) in [6.07, 6.45) is 2.93. The SMILES string of the molecule is CCC(C)CC(N)c1cc2c(cc1F)NC(=O)CC2. The molecule has 1 heterocycles. The van der Waals surface area contributed by atoms with E-state index in [9.17, 15) is 9.18 Å². The minimum Gasteiger partial charge on any atom is -0.326 e. The molecule has 104 valence electrons. The Morgan fingerprint density at radius 3 is 2.84 bits per heavy atom. The van der Waals surface area contributed by atoms with Gasteiger partial charge in [0.05, 0.1) is 0 Å². The predicted molar refractivity (Wildman–Crippen MR) is 74.4 cm³/mol. The zero-order valence-electron chi connectivity index (χ0n) is 11.5. The fourth-order valence-electron chi connectivity index (χ4n) is 2.43. The van der Waals surface area contributed by atoms with Gasteiger partial charge < -0.3 is 11.1 Å². The number of aryl methyl sites for hydroxylation is 1. The number of nitrogens with two attached hydrogens (primary N) is 1. The molecule has 1 aromatic rings. The van der Waals surface area contributed by atoms with Crippen LogP contribution < -0.4 is 11.1 Å². The van der Waals surface area contributed by atoms with Crippen molar-refractivity contribution in [2.45, 2.75) is 45.6 Å². The second kappa shape index (κ2) is 5.70. The van der Waals surface area contributed by atoms with Crippen molar-refractivity contribution in [1.82, 2.24) is 0 Å². The molecule has 3 nitrogen and oxygen atoms in total. The number of anilines is 1. The van der Waals surface area contributed by atoms with Gasteiger partial charge in [0.2, 0.25) is 5.91 Å². The number of hydrogen-bond acceptors (Lipinski definition) is 2. The van der Waals surface area contributed by atoms with Crippen molar-refractivity contribution < 1.29 is 9.18 Å². The summed E-state index contributed by atoms with van der Waals surface area (Å²) in [7, 11) is 0. The van der Waals surface area contributed by atoms with Crippen molar-refractivity contribution in [2.75, 3.05) is 5.32 Å². The first kappa shape index (κ1) is 14.0. The number of carbonyl (C=O) groups excluding carboxylic acids is 1. The monoisotopic (exact) mass is 264 g/mol. The van der Waals surface area contributed by atoms with Gasteiger partial charge in [-0.3, -0.25) is 4.79 Å². The Morgan fingerprint density at radius 2 is 2.16 bits per heavy atom. The molecule has 0 bridgehead atoms. The van der Waals surface area contributed by atoms with Crippen LogP contribution in [0.5, 0.6) is 0 Å². The van der Waals surface area contributed by atoms with Gasteiger partial charge in [-0.1, -0.05) is 20.3 Å². The van der Waals surface area contributed by atoms with Crippen molar-refractivity contribution in [2.24, 2.45) is 11.7 Å². The molecule has 0 aliphatic carbocycles. The number of amides is 1. The lowest BCUT2D eigenvalue weighted by Crippen LogP contribution is -2.21. The third-order valence-electron chi connectivity index (χ3n) is 3.87. The molecule has 0 radical (unpaired) electrons. The number of benzene rings is 1. The Kier molecular flexibility index (Phi) is 4.20. The first-order valence-electron chi connectivity index (χ1n) is 6.89. The lowest BCUT2D eigenvalue weighted by atomic mass is 9.91. The van der Waals surface area contributed by atoms with Crippen LogP contribution in [0.1, 0.15) is 50.3 Å². The Bertz CT molecular complexity index is 487. The van der Waals surface area contributed by atoms with Gasteiger partial charge >= 0.3 is 0 Å². The van der Waals surface area contributed by atoms with Gasteiger partial charge in [-0.2, -0.15) is 0 Å². The van der Waals surface area contributed by atoms with Crippen molar-refractivity contribution in [3.63, 3.8) is 0 Å². The van der Waals surface area contributed by atoms with E-state index in [1.165, 1.54) is 6.07 Å². The maximum Gasteiger partial charge on any atom is 0.224 e. The fraction of sp³-hybridized carbons (Fsp3) is 0.533. The van der Waals surface area contributed by atoms with E-state index in [1.54, 1.807) is 0 Å². The van der Waals surface area contributed by atoms with E-state index in [1.807, 2.05) is 6.07 Å². The molecular formula is C15H21FN2O. The number of halogens is 1. The van der Waals surface area contributed by atoms with E-state index in [2.05, 4.69) is 19.2 Å². The van der Waals surface area contributed by atoms with Crippen LogP contribution >= 0.6 is 0 Å². The van der Waals surface area contributed by atoms with E-state index in [0.29, 0.717) is 30.0 Å². The lowest BCUT2D eigenvalue weighted by molar-refractivity contribution is -0.116. The van der Waals surface area contributed by atoms with Crippen molar-refractivity contribution in [3.8, 4) is 0 Å². The molecule has 19 heavy (non-hydrogen) atoms. The van der Waals surface area contributed by atoms with Crippen molar-refractivity contribution in [1.29, 1.82) is 0 Å². The van der Waals surface area contributed by atoms with Gasteiger partial charge in [-0.15, -0.1) is 0 Å². The summed E-state index contributed by atoms with van der Waals surface area (Å²) in [5.74, 6) is 0.102. The van der Waals surface area contributed by atoms with Crippen LogP contribution in [0.3, 0.4) is 0 Å². The molecule has 2 unspecified atom stereocenters. The van der Waals surface area contributed by atoms with E-state index in [0.717, 1.165) is 18.4 Å². The fourth-order valence-corrected chi connectivity index (χ4v) is 2.43. The summed E-state index contributed by atoms with van der Waals surface area (Å²) in [6, 6.07) is 2.94. The molecule has 0 saturated heterocycles. The first-order valence-corrected chi connectivity index (χ1v) is 6.89. The normalized spacial score (nSPS) is 17.6. The quantitative estimate of drug-likeness (QED) is 0.877. The molecule has 1 amide bonds. The number of carbonyl (C=O) groups is 1. The van der Waals surface area contributed by atoms with Crippen LogP contribution in [0.2, 0.25) is 0 Å². The number of hydrogen-bond donors (Lipinski definition) is 2. The van der Waals surface area contributed by atoms with Gasteiger partial charge in [-0.25, -0.2) is 4.39 Å². The Morgan fingerprint density at radius 1 is 1.42 bits per heavy atom. The van der Waals surface area contributed by atoms with Crippen LogP contribution in [-0.2, 0) is 11.2 Å². The number of fused-ring (bicyclic) bond motifs is 1. The van der Waals surface area contributed by atoms with E-state index in [-0.39, 0.29) is 17.8 Å². The minimum atomic E-state index is -0.322. The summed E-state index contributed by atoms with van der Waals surface area (Å²) in [4.78, 5) is 11.3. The van der Waals surface area contributed by atoms with Crippen LogP contribution in [0.15, 0.2) is 12.1 Å². The summed E-state index contributed by atoms with van der Waals surface area (Å²) in [5.41, 5.74) is 8.24. The smallest absolute Gasteiger partial charge is 0.224 e. The molecule has 0 spiro atoms. The van der Waals surface area contributed by atoms with E-state index < -0.39 is 0 Å². The van der Waals surface area contributed by atoms with E-state index >= 15 is 0 Å². The summed E-state index contributed by atoms with van der Waals surface area (Å²) >= 11 is 0. The highest BCUT2D eigenvalue weighted by molar-refractivity contribution is 5.93. The largest absolute Gasteiger partial charge is 0.326 e. The van der Waals surface area contributed by atoms with Crippen LogP contribution in [-0.4, -0.2) is 5.91 Å². The average Bonchev–Trinajstić information content (AvgIpc) is 2.37. The summed E-state index contributed by atoms with van der Waals surface area (Å²) in [5, 5.41) is 2.70.